The molecule has 0 amide bonds. The van der Waals surface area contributed by atoms with Gasteiger partial charge < -0.3 is 0 Å². The molecule has 0 fully saturated rings. The zero-order chi connectivity index (χ0) is 8.27. The molecule has 1 heterocycles. The first-order chi connectivity index (χ1) is 5.24. The van der Waals surface area contributed by atoms with Gasteiger partial charge in [0.1, 0.15) is 18.5 Å². The molecule has 1 rings (SSSR count). The molecule has 0 aromatic carbocycles. The van der Waals surface area contributed by atoms with E-state index in [1.807, 2.05) is 0 Å². The molecule has 0 unspecified atom stereocenters. The molecule has 0 aliphatic heterocycles. The summed E-state index contributed by atoms with van der Waals surface area (Å²) in [4.78, 5) is 16.2. The van der Waals surface area contributed by atoms with Gasteiger partial charge in [-0.15, -0.1) is 0 Å². The summed E-state index contributed by atoms with van der Waals surface area (Å²) in [6.45, 7) is 0. The Kier molecular flexibility index (Phi) is 1.74. The van der Waals surface area contributed by atoms with Crippen LogP contribution in [0.4, 0.5) is 5.69 Å². The summed E-state index contributed by atoms with van der Waals surface area (Å²) in [6, 6.07) is 1.65. The second-order valence-electron chi connectivity index (χ2n) is 1.63. The number of rotatable bonds is 1. The fourth-order valence-electron chi connectivity index (χ4n) is 0.473. The monoisotopic (exact) mass is 150 g/mol. The van der Waals surface area contributed by atoms with Crippen molar-refractivity contribution >= 4 is 5.69 Å². The van der Waals surface area contributed by atoms with Crippen LogP contribution >= 0.6 is 0 Å². The lowest BCUT2D eigenvalue weighted by atomic mass is 10.5. The van der Waals surface area contributed by atoms with Crippen molar-refractivity contribution in [3.63, 3.8) is 0 Å². The smallest absolute Gasteiger partial charge is 0.258 e. The number of aromatic nitrogens is 2. The van der Waals surface area contributed by atoms with Crippen LogP contribution in [0.5, 0.6) is 0 Å². The van der Waals surface area contributed by atoms with Crippen molar-refractivity contribution in [3.05, 3.63) is 28.3 Å². The van der Waals surface area contributed by atoms with Gasteiger partial charge in [-0.3, -0.25) is 10.1 Å². The van der Waals surface area contributed by atoms with Crippen LogP contribution < -0.4 is 0 Å². The number of hydrogen-bond donors (Lipinski definition) is 0. The molecule has 0 saturated carbocycles. The normalized spacial score (nSPS) is 8.64. The molecule has 1 aromatic heterocycles. The summed E-state index contributed by atoms with van der Waals surface area (Å²) in [5.74, 6) is -0.0735. The fourth-order valence-corrected chi connectivity index (χ4v) is 0.473. The van der Waals surface area contributed by atoms with Crippen molar-refractivity contribution < 1.29 is 4.92 Å². The van der Waals surface area contributed by atoms with E-state index in [0.29, 0.717) is 0 Å². The Labute approximate surface area is 61.3 Å². The van der Waals surface area contributed by atoms with Gasteiger partial charge in [-0.25, -0.2) is 9.97 Å². The molecule has 0 spiro atoms. The maximum Gasteiger partial charge on any atom is 0.305 e. The van der Waals surface area contributed by atoms with Crippen LogP contribution in [0.25, 0.3) is 0 Å². The highest BCUT2D eigenvalue weighted by Gasteiger charge is 2.04. The van der Waals surface area contributed by atoms with Crippen LogP contribution in [-0.4, -0.2) is 14.9 Å². The molecule has 0 aliphatic rings. The molecule has 0 aliphatic carbocycles. The topological polar surface area (TPSA) is 92.7 Å². The lowest BCUT2D eigenvalue weighted by Gasteiger charge is -1.87. The molecule has 0 bridgehead atoms. The van der Waals surface area contributed by atoms with Gasteiger partial charge in [0.25, 0.3) is 0 Å². The zero-order valence-corrected chi connectivity index (χ0v) is 5.26. The van der Waals surface area contributed by atoms with E-state index in [1.54, 1.807) is 6.07 Å². The van der Waals surface area contributed by atoms with Crippen molar-refractivity contribution in [2.24, 2.45) is 0 Å². The maximum atomic E-state index is 10.0. The predicted molar refractivity (Wildman–Crippen MR) is 33.4 cm³/mol. The minimum absolute atomic E-state index is 0.0735. The van der Waals surface area contributed by atoms with Gasteiger partial charge in [-0.2, -0.15) is 5.26 Å². The van der Waals surface area contributed by atoms with E-state index in [9.17, 15) is 10.1 Å². The highest BCUT2D eigenvalue weighted by atomic mass is 16.6. The number of nitriles is 1. The second-order valence-corrected chi connectivity index (χ2v) is 1.63. The van der Waals surface area contributed by atoms with Crippen molar-refractivity contribution in [2.75, 3.05) is 0 Å². The number of nitrogens with zero attached hydrogens (tertiary/aromatic N) is 4. The number of nitro groups is 1. The third kappa shape index (κ3) is 1.46. The minimum Gasteiger partial charge on any atom is -0.258 e. The van der Waals surface area contributed by atoms with Gasteiger partial charge in [0.15, 0.2) is 0 Å². The lowest BCUT2D eigenvalue weighted by molar-refractivity contribution is -0.385. The molecule has 0 atom stereocenters. The van der Waals surface area contributed by atoms with E-state index in [4.69, 9.17) is 5.26 Å². The molecule has 54 valence electrons. The Morgan fingerprint density at radius 3 is 2.45 bits per heavy atom. The van der Waals surface area contributed by atoms with Gasteiger partial charge in [0, 0.05) is 0 Å². The quantitative estimate of drug-likeness (QED) is 0.422. The average Bonchev–Trinajstić information content (AvgIpc) is 2.05. The molecule has 6 nitrogen and oxygen atoms in total. The molecule has 6 heteroatoms. The minimum atomic E-state index is -0.624. The Morgan fingerprint density at radius 2 is 2.09 bits per heavy atom. The van der Waals surface area contributed by atoms with Crippen molar-refractivity contribution in [2.45, 2.75) is 0 Å². The summed E-state index contributed by atoms with van der Waals surface area (Å²) in [5, 5.41) is 18.3. The summed E-state index contributed by atoms with van der Waals surface area (Å²) in [6.07, 6.45) is 1.98. The first-order valence-corrected chi connectivity index (χ1v) is 2.60. The Balaban J connectivity index is 3.03. The van der Waals surface area contributed by atoms with Gasteiger partial charge in [-0.1, -0.05) is 0 Å². The molecule has 0 radical (unpaired) electrons. The van der Waals surface area contributed by atoms with Crippen molar-refractivity contribution in [1.82, 2.24) is 9.97 Å². The van der Waals surface area contributed by atoms with E-state index in [2.05, 4.69) is 9.97 Å². The van der Waals surface area contributed by atoms with Crippen molar-refractivity contribution in [3.8, 4) is 6.07 Å². The highest BCUT2D eigenvalue weighted by molar-refractivity contribution is 5.23. The standard InChI is InChI=1S/C5H2N4O2/c6-1-5-7-2-4(3-8-5)9(10)11/h2-3H. The summed E-state index contributed by atoms with van der Waals surface area (Å²) < 4.78 is 0. The summed E-state index contributed by atoms with van der Waals surface area (Å²) in [7, 11) is 0. The number of hydrogen-bond acceptors (Lipinski definition) is 5. The molecular formula is C5H2N4O2. The predicted octanol–water partition coefficient (Wildman–Crippen LogP) is 0.256. The van der Waals surface area contributed by atoms with E-state index < -0.39 is 4.92 Å². The van der Waals surface area contributed by atoms with Crippen LogP contribution in [0, 0.1) is 21.4 Å². The van der Waals surface area contributed by atoms with Crippen LogP contribution in [0.1, 0.15) is 5.82 Å². The average molecular weight is 150 g/mol. The van der Waals surface area contributed by atoms with Gasteiger partial charge in [0.2, 0.25) is 5.82 Å². The Morgan fingerprint density at radius 1 is 1.55 bits per heavy atom. The van der Waals surface area contributed by atoms with E-state index >= 15 is 0 Å². The molecule has 0 N–H and O–H groups in total. The summed E-state index contributed by atoms with van der Waals surface area (Å²) in [5.41, 5.74) is -0.219. The SMILES string of the molecule is N#Cc1ncc([N+](=O)[O-])cn1. The first kappa shape index (κ1) is 7.08. The first-order valence-electron chi connectivity index (χ1n) is 2.60. The maximum absolute atomic E-state index is 10.0. The second kappa shape index (κ2) is 2.70. The van der Waals surface area contributed by atoms with Crippen LogP contribution in [0.2, 0.25) is 0 Å². The Bertz CT molecular complexity index is 312. The molecular weight excluding hydrogens is 148 g/mol. The van der Waals surface area contributed by atoms with E-state index in [-0.39, 0.29) is 11.5 Å². The fraction of sp³-hybridized carbons (Fsp3) is 0. The largest absolute Gasteiger partial charge is 0.305 e. The van der Waals surface area contributed by atoms with Gasteiger partial charge in [0.05, 0.1) is 4.92 Å². The zero-order valence-electron chi connectivity index (χ0n) is 5.26. The van der Waals surface area contributed by atoms with Crippen LogP contribution in [0.3, 0.4) is 0 Å². The Hall–Kier alpha value is -2.03. The highest BCUT2D eigenvalue weighted by Crippen LogP contribution is 2.04. The van der Waals surface area contributed by atoms with E-state index in [0.717, 1.165) is 12.4 Å². The molecule has 1 aromatic rings. The van der Waals surface area contributed by atoms with Crippen LogP contribution in [0.15, 0.2) is 12.4 Å². The van der Waals surface area contributed by atoms with Crippen LogP contribution in [-0.2, 0) is 0 Å². The molecule has 0 saturated heterocycles. The van der Waals surface area contributed by atoms with Gasteiger partial charge >= 0.3 is 5.69 Å². The van der Waals surface area contributed by atoms with Crippen molar-refractivity contribution in [1.29, 1.82) is 5.26 Å². The third-order valence-electron chi connectivity index (χ3n) is 0.949. The lowest BCUT2D eigenvalue weighted by Crippen LogP contribution is -1.92. The third-order valence-corrected chi connectivity index (χ3v) is 0.949. The van der Waals surface area contributed by atoms with E-state index in [1.165, 1.54) is 0 Å². The van der Waals surface area contributed by atoms with Gasteiger partial charge in [-0.05, 0) is 0 Å². The molecule has 11 heavy (non-hydrogen) atoms. The summed E-state index contributed by atoms with van der Waals surface area (Å²) >= 11 is 0.